The Balaban J connectivity index is 1.07. The van der Waals surface area contributed by atoms with Crippen LogP contribution >= 0.6 is 0 Å². The van der Waals surface area contributed by atoms with Crippen LogP contribution in [-0.4, -0.2) is 0 Å². The molecule has 12 rings (SSSR count). The molecule has 4 heteroatoms. The molecule has 0 amide bonds. The summed E-state index contributed by atoms with van der Waals surface area (Å²) in [6, 6.07) is 102. The third-order valence-corrected chi connectivity index (χ3v) is 13.0. The van der Waals surface area contributed by atoms with E-state index in [1.165, 1.54) is 0 Å². The molecule has 4 nitrogen and oxygen atoms in total. The summed E-state index contributed by atoms with van der Waals surface area (Å²) in [6.07, 6.45) is 0. The second-order valence-corrected chi connectivity index (χ2v) is 17.4. The van der Waals surface area contributed by atoms with Crippen molar-refractivity contribution in [2.75, 3.05) is 14.7 Å². The highest BCUT2D eigenvalue weighted by Gasteiger charge is 2.23. The summed E-state index contributed by atoms with van der Waals surface area (Å²) in [7, 11) is 0. The van der Waals surface area contributed by atoms with Crippen LogP contribution in [0, 0.1) is 0 Å². The Labute approximate surface area is 408 Å². The Morgan fingerprint density at radius 3 is 1.00 bits per heavy atom. The fourth-order valence-corrected chi connectivity index (χ4v) is 9.66. The lowest BCUT2D eigenvalue weighted by atomic mass is 10.0. The third kappa shape index (κ3) is 8.36. The number of furan rings is 1. The van der Waals surface area contributed by atoms with Crippen LogP contribution < -0.4 is 14.7 Å². The van der Waals surface area contributed by atoms with Crippen LogP contribution in [0.3, 0.4) is 0 Å². The molecule has 0 atom stereocenters. The van der Waals surface area contributed by atoms with E-state index in [0.717, 1.165) is 107 Å². The normalized spacial score (nSPS) is 11.1. The summed E-state index contributed by atoms with van der Waals surface area (Å²) in [5.41, 5.74) is 17.9. The van der Waals surface area contributed by atoms with E-state index in [4.69, 9.17) is 4.42 Å². The Bertz CT molecular complexity index is 3560. The summed E-state index contributed by atoms with van der Waals surface area (Å²) in [5.74, 6) is 0. The molecule has 11 aromatic carbocycles. The first kappa shape index (κ1) is 42.0. The number of hydrogen-bond acceptors (Lipinski definition) is 4. The monoisotopic (exact) mass is 897 g/mol. The Morgan fingerprint density at radius 2 is 0.514 bits per heavy atom. The van der Waals surface area contributed by atoms with Crippen molar-refractivity contribution in [2.24, 2.45) is 0 Å². The lowest BCUT2D eigenvalue weighted by molar-refractivity contribution is 0.669. The predicted molar refractivity (Wildman–Crippen MR) is 294 cm³/mol. The van der Waals surface area contributed by atoms with E-state index in [1.54, 1.807) is 0 Å². The van der Waals surface area contributed by atoms with E-state index in [0.29, 0.717) is 0 Å². The number of anilines is 9. The topological polar surface area (TPSA) is 22.9 Å². The van der Waals surface area contributed by atoms with Crippen molar-refractivity contribution in [3.63, 3.8) is 0 Å². The highest BCUT2D eigenvalue weighted by Crippen LogP contribution is 2.47. The summed E-state index contributed by atoms with van der Waals surface area (Å²) in [4.78, 5) is 7.13. The molecule has 0 radical (unpaired) electrons. The Morgan fingerprint density at radius 1 is 0.186 bits per heavy atom. The smallest absolute Gasteiger partial charge is 0.135 e. The van der Waals surface area contributed by atoms with E-state index in [1.807, 2.05) is 12.1 Å². The van der Waals surface area contributed by atoms with Crippen molar-refractivity contribution < 1.29 is 4.42 Å². The van der Waals surface area contributed by atoms with Gasteiger partial charge in [0.05, 0.1) is 17.1 Å². The summed E-state index contributed by atoms with van der Waals surface area (Å²) < 4.78 is 6.20. The lowest BCUT2D eigenvalue weighted by Crippen LogP contribution is -2.16. The maximum Gasteiger partial charge on any atom is 0.135 e. The summed E-state index contributed by atoms with van der Waals surface area (Å²) in [5, 5.41) is 2.23. The maximum absolute atomic E-state index is 6.20. The molecule has 0 bridgehead atoms. The molecule has 0 fully saturated rings. The van der Waals surface area contributed by atoms with Gasteiger partial charge in [0.25, 0.3) is 0 Å². The van der Waals surface area contributed by atoms with Gasteiger partial charge in [0.2, 0.25) is 0 Å². The zero-order chi connectivity index (χ0) is 46.6. The molecule has 0 unspecified atom stereocenters. The van der Waals surface area contributed by atoms with Crippen LogP contribution in [-0.2, 0) is 0 Å². The van der Waals surface area contributed by atoms with E-state index >= 15 is 0 Å². The van der Waals surface area contributed by atoms with Gasteiger partial charge in [-0.3, -0.25) is 0 Å². The van der Waals surface area contributed by atoms with Gasteiger partial charge in [0.15, 0.2) is 0 Å². The zero-order valence-corrected chi connectivity index (χ0v) is 38.4. The minimum Gasteiger partial charge on any atom is -0.456 e. The second-order valence-electron chi connectivity index (χ2n) is 17.4. The van der Waals surface area contributed by atoms with Gasteiger partial charge < -0.3 is 19.1 Å². The van der Waals surface area contributed by atoms with Gasteiger partial charge in [-0.05, 0) is 143 Å². The average Bonchev–Trinajstić information content (AvgIpc) is 3.81. The molecule has 0 aliphatic carbocycles. The quantitative estimate of drug-likeness (QED) is 0.122. The molecule has 70 heavy (non-hydrogen) atoms. The van der Waals surface area contributed by atoms with Crippen molar-refractivity contribution in [1.29, 1.82) is 0 Å². The Hall–Kier alpha value is -9.38. The standard InChI is InChI=1S/C66H47N3O/c1-6-20-48(21-7-1)51-24-18-32-58(42-51)68(55-28-12-4-13-29-55)61-45-60(46-62(47-61)69(56-30-14-5-15-31-56)59-33-19-25-52(43-59)49-22-8-2-9-23-49)67(54-26-10-3-11-27-54)57-39-36-50(37-40-57)53-38-41-66-64(44-53)63-34-16-17-35-65(63)70-66/h1-47H. The maximum atomic E-state index is 6.20. The van der Waals surface area contributed by atoms with Gasteiger partial charge >= 0.3 is 0 Å². The van der Waals surface area contributed by atoms with Crippen LogP contribution in [0.15, 0.2) is 290 Å². The molecule has 332 valence electrons. The third-order valence-electron chi connectivity index (χ3n) is 13.0. The highest BCUT2D eigenvalue weighted by molar-refractivity contribution is 6.06. The van der Waals surface area contributed by atoms with Gasteiger partial charge in [0.1, 0.15) is 11.2 Å². The molecule has 0 aliphatic rings. The van der Waals surface area contributed by atoms with Gasteiger partial charge in [-0.25, -0.2) is 0 Å². The first-order valence-electron chi connectivity index (χ1n) is 23.7. The van der Waals surface area contributed by atoms with Crippen LogP contribution in [0.4, 0.5) is 51.2 Å². The Kier molecular flexibility index (Phi) is 11.2. The van der Waals surface area contributed by atoms with Crippen molar-refractivity contribution in [2.45, 2.75) is 0 Å². The minimum absolute atomic E-state index is 0.889. The number of benzene rings is 11. The molecular weight excluding hydrogens is 851 g/mol. The first-order chi connectivity index (χ1) is 34.7. The summed E-state index contributed by atoms with van der Waals surface area (Å²) >= 11 is 0. The average molecular weight is 898 g/mol. The molecule has 1 heterocycles. The molecule has 1 aromatic heterocycles. The van der Waals surface area contributed by atoms with Crippen LogP contribution in [0.1, 0.15) is 0 Å². The SMILES string of the molecule is c1ccc(-c2cccc(N(c3ccccc3)c3cc(N(c4ccccc4)c4ccc(-c5ccc6oc7ccccc7c6c5)cc4)cc(N(c4ccccc4)c4cccc(-c5ccccc5)c4)c3)c2)cc1. The zero-order valence-electron chi connectivity index (χ0n) is 38.4. The number of rotatable bonds is 12. The number of hydrogen-bond donors (Lipinski definition) is 0. The van der Waals surface area contributed by atoms with Crippen LogP contribution in [0.25, 0.3) is 55.3 Å². The largest absolute Gasteiger partial charge is 0.456 e. The molecule has 0 aliphatic heterocycles. The van der Waals surface area contributed by atoms with E-state index in [-0.39, 0.29) is 0 Å². The van der Waals surface area contributed by atoms with Gasteiger partial charge in [-0.2, -0.15) is 0 Å². The lowest BCUT2D eigenvalue weighted by Gasteiger charge is -2.33. The number of nitrogens with zero attached hydrogens (tertiary/aromatic N) is 3. The second kappa shape index (κ2) is 18.7. The minimum atomic E-state index is 0.889. The summed E-state index contributed by atoms with van der Waals surface area (Å²) in [6.45, 7) is 0. The van der Waals surface area contributed by atoms with Crippen molar-refractivity contribution >= 4 is 73.1 Å². The van der Waals surface area contributed by atoms with E-state index < -0.39 is 0 Å². The van der Waals surface area contributed by atoms with Crippen LogP contribution in [0.5, 0.6) is 0 Å². The first-order valence-corrected chi connectivity index (χ1v) is 23.7. The number of para-hydroxylation sites is 4. The van der Waals surface area contributed by atoms with Gasteiger partial charge in [-0.15, -0.1) is 0 Å². The fraction of sp³-hybridized carbons (Fsp3) is 0. The molecule has 0 saturated carbocycles. The molecule has 0 spiro atoms. The molecule has 0 N–H and O–H groups in total. The van der Waals surface area contributed by atoms with Crippen molar-refractivity contribution in [1.82, 2.24) is 0 Å². The molecular formula is C66H47N3O. The highest BCUT2D eigenvalue weighted by atomic mass is 16.3. The van der Waals surface area contributed by atoms with Crippen molar-refractivity contribution in [3.05, 3.63) is 285 Å². The number of fused-ring (bicyclic) bond motifs is 3. The van der Waals surface area contributed by atoms with Gasteiger partial charge in [-0.1, -0.05) is 176 Å². The van der Waals surface area contributed by atoms with E-state index in [2.05, 4.69) is 288 Å². The molecule has 12 aromatic rings. The van der Waals surface area contributed by atoms with E-state index in [9.17, 15) is 0 Å². The van der Waals surface area contributed by atoms with Crippen molar-refractivity contribution in [3.8, 4) is 33.4 Å². The fourth-order valence-electron chi connectivity index (χ4n) is 9.66. The molecule has 0 saturated heterocycles. The predicted octanol–water partition coefficient (Wildman–Crippen LogP) is 19.0. The van der Waals surface area contributed by atoms with Gasteiger partial charge in [0, 0.05) is 44.9 Å². The van der Waals surface area contributed by atoms with Crippen LogP contribution in [0.2, 0.25) is 0 Å².